The van der Waals surface area contributed by atoms with Crippen molar-refractivity contribution >= 4 is 17.5 Å². The average molecular weight is 339 g/mol. The van der Waals surface area contributed by atoms with Crippen LogP contribution in [-0.4, -0.2) is 22.9 Å². The number of carbonyl (C=O) groups is 2. The maximum Gasteiger partial charge on any atom is 0.227 e. The average Bonchev–Trinajstić information content (AvgIpc) is 3.07. The number of nitrogens with one attached hydrogen (secondary N) is 1. The van der Waals surface area contributed by atoms with Crippen LogP contribution >= 0.6 is 0 Å². The third kappa shape index (κ3) is 3.92. The molecule has 1 aromatic carbocycles. The Morgan fingerprint density at radius 1 is 1.08 bits per heavy atom. The molecule has 5 heteroatoms. The van der Waals surface area contributed by atoms with Gasteiger partial charge in [0.25, 0.3) is 0 Å². The van der Waals surface area contributed by atoms with Crippen LogP contribution in [0.4, 0.5) is 5.69 Å². The zero-order valence-electron chi connectivity index (χ0n) is 14.9. The molecule has 2 aromatic rings. The third-order valence-electron chi connectivity index (χ3n) is 4.50. The van der Waals surface area contributed by atoms with Crippen molar-refractivity contribution in [1.82, 2.24) is 9.88 Å². The van der Waals surface area contributed by atoms with E-state index in [9.17, 15) is 9.59 Å². The quantitative estimate of drug-likeness (QED) is 0.878. The SMILES string of the molecule is CC(C)CCNC(=O)CCC(=O)N1Cc2cccn2-c2ccccc21. The van der Waals surface area contributed by atoms with E-state index in [4.69, 9.17) is 0 Å². The highest BCUT2D eigenvalue weighted by Crippen LogP contribution is 2.32. The summed E-state index contributed by atoms with van der Waals surface area (Å²) < 4.78 is 2.11. The first-order chi connectivity index (χ1) is 12.1. The summed E-state index contributed by atoms with van der Waals surface area (Å²) in [5, 5.41) is 2.89. The standard InChI is InChI=1S/C20H25N3O2/c1-15(2)11-12-21-19(24)9-10-20(25)23-14-16-6-5-13-22(16)17-7-3-4-8-18(17)23/h3-8,13,15H,9-12,14H2,1-2H3,(H,21,24). The zero-order chi connectivity index (χ0) is 17.8. The predicted molar refractivity (Wildman–Crippen MR) is 98.7 cm³/mol. The molecule has 0 aliphatic carbocycles. The zero-order valence-corrected chi connectivity index (χ0v) is 14.9. The van der Waals surface area contributed by atoms with Gasteiger partial charge in [0.2, 0.25) is 11.8 Å². The number of fused-ring (bicyclic) bond motifs is 3. The molecule has 1 aliphatic rings. The van der Waals surface area contributed by atoms with E-state index >= 15 is 0 Å². The van der Waals surface area contributed by atoms with Crippen LogP contribution in [0.25, 0.3) is 5.69 Å². The van der Waals surface area contributed by atoms with Gasteiger partial charge < -0.3 is 14.8 Å². The lowest BCUT2D eigenvalue weighted by Gasteiger charge is -2.31. The van der Waals surface area contributed by atoms with Gasteiger partial charge in [-0.3, -0.25) is 9.59 Å². The van der Waals surface area contributed by atoms with Crippen LogP contribution in [0.15, 0.2) is 42.6 Å². The topological polar surface area (TPSA) is 54.3 Å². The van der Waals surface area contributed by atoms with Crippen LogP contribution in [-0.2, 0) is 16.1 Å². The Morgan fingerprint density at radius 3 is 2.60 bits per heavy atom. The first-order valence-corrected chi connectivity index (χ1v) is 8.89. The summed E-state index contributed by atoms with van der Waals surface area (Å²) >= 11 is 0. The molecular formula is C20H25N3O2. The van der Waals surface area contributed by atoms with Crippen molar-refractivity contribution in [3.63, 3.8) is 0 Å². The highest BCUT2D eigenvalue weighted by molar-refractivity contribution is 5.97. The minimum atomic E-state index is -0.0531. The molecule has 1 aliphatic heterocycles. The van der Waals surface area contributed by atoms with Gasteiger partial charge >= 0.3 is 0 Å². The van der Waals surface area contributed by atoms with Gasteiger partial charge in [0.15, 0.2) is 0 Å². The first-order valence-electron chi connectivity index (χ1n) is 8.89. The molecule has 0 spiro atoms. The van der Waals surface area contributed by atoms with E-state index in [2.05, 4.69) is 23.7 Å². The fourth-order valence-corrected chi connectivity index (χ4v) is 3.09. The second kappa shape index (κ2) is 7.55. The number of amides is 2. The van der Waals surface area contributed by atoms with Crippen LogP contribution < -0.4 is 10.2 Å². The van der Waals surface area contributed by atoms with Crippen molar-refractivity contribution < 1.29 is 9.59 Å². The molecule has 0 radical (unpaired) electrons. The molecular weight excluding hydrogens is 314 g/mol. The summed E-state index contributed by atoms with van der Waals surface area (Å²) in [5.74, 6) is 0.490. The number of para-hydroxylation sites is 2. The number of anilines is 1. The number of benzene rings is 1. The van der Waals surface area contributed by atoms with Gasteiger partial charge in [-0.15, -0.1) is 0 Å². The first kappa shape index (κ1) is 17.3. The summed E-state index contributed by atoms with van der Waals surface area (Å²) in [6.07, 6.45) is 3.42. The van der Waals surface area contributed by atoms with Crippen molar-refractivity contribution in [3.8, 4) is 5.69 Å². The summed E-state index contributed by atoms with van der Waals surface area (Å²) in [4.78, 5) is 26.4. The van der Waals surface area contributed by atoms with Gasteiger partial charge in [-0.25, -0.2) is 0 Å². The maximum atomic E-state index is 12.7. The van der Waals surface area contributed by atoms with E-state index in [1.807, 2.05) is 42.6 Å². The van der Waals surface area contributed by atoms with E-state index in [1.165, 1.54) is 0 Å². The van der Waals surface area contributed by atoms with Gasteiger partial charge in [-0.05, 0) is 36.6 Å². The molecule has 0 saturated carbocycles. The lowest BCUT2D eigenvalue weighted by atomic mass is 10.1. The number of aromatic nitrogens is 1. The monoisotopic (exact) mass is 339 g/mol. The molecule has 5 nitrogen and oxygen atoms in total. The van der Waals surface area contributed by atoms with Crippen LogP contribution in [0.5, 0.6) is 0 Å². The van der Waals surface area contributed by atoms with Crippen molar-refractivity contribution in [3.05, 3.63) is 48.3 Å². The summed E-state index contributed by atoms with van der Waals surface area (Å²) in [6.45, 7) is 5.46. The minimum absolute atomic E-state index is 0.0149. The van der Waals surface area contributed by atoms with Crippen LogP contribution in [0.2, 0.25) is 0 Å². The van der Waals surface area contributed by atoms with Crippen molar-refractivity contribution in [2.75, 3.05) is 11.4 Å². The lowest BCUT2D eigenvalue weighted by molar-refractivity contribution is -0.125. The molecule has 2 heterocycles. The molecule has 0 unspecified atom stereocenters. The molecule has 2 amide bonds. The van der Waals surface area contributed by atoms with Crippen LogP contribution in [0.1, 0.15) is 38.8 Å². The fourth-order valence-electron chi connectivity index (χ4n) is 3.09. The van der Waals surface area contributed by atoms with Crippen LogP contribution in [0.3, 0.4) is 0 Å². The Hall–Kier alpha value is -2.56. The molecule has 1 aromatic heterocycles. The largest absolute Gasteiger partial charge is 0.356 e. The van der Waals surface area contributed by atoms with E-state index in [-0.39, 0.29) is 24.7 Å². The number of rotatable bonds is 6. The molecule has 3 rings (SSSR count). The summed E-state index contributed by atoms with van der Waals surface area (Å²) in [7, 11) is 0. The maximum absolute atomic E-state index is 12.7. The van der Waals surface area contributed by atoms with Crippen molar-refractivity contribution in [1.29, 1.82) is 0 Å². The predicted octanol–water partition coefficient (Wildman–Crippen LogP) is 3.27. The normalized spacial score (nSPS) is 12.7. The van der Waals surface area contributed by atoms with E-state index in [0.29, 0.717) is 19.0 Å². The fraction of sp³-hybridized carbons (Fsp3) is 0.400. The number of hydrogen-bond acceptors (Lipinski definition) is 2. The Balaban J connectivity index is 1.63. The molecule has 0 fully saturated rings. The Bertz CT molecular complexity index is 764. The van der Waals surface area contributed by atoms with E-state index in [0.717, 1.165) is 23.5 Å². The van der Waals surface area contributed by atoms with Gasteiger partial charge in [-0.1, -0.05) is 26.0 Å². The molecule has 0 saturated heterocycles. The Labute approximate surface area is 148 Å². The van der Waals surface area contributed by atoms with Crippen molar-refractivity contribution in [2.24, 2.45) is 5.92 Å². The smallest absolute Gasteiger partial charge is 0.227 e. The van der Waals surface area contributed by atoms with E-state index < -0.39 is 0 Å². The molecule has 25 heavy (non-hydrogen) atoms. The van der Waals surface area contributed by atoms with Gasteiger partial charge in [-0.2, -0.15) is 0 Å². The number of nitrogens with zero attached hydrogens (tertiary/aromatic N) is 2. The van der Waals surface area contributed by atoms with Gasteiger partial charge in [0, 0.05) is 31.3 Å². The van der Waals surface area contributed by atoms with Crippen molar-refractivity contribution in [2.45, 2.75) is 39.7 Å². The van der Waals surface area contributed by atoms with E-state index in [1.54, 1.807) is 4.90 Å². The minimum Gasteiger partial charge on any atom is -0.356 e. The Morgan fingerprint density at radius 2 is 1.84 bits per heavy atom. The Kier molecular flexibility index (Phi) is 5.22. The number of hydrogen-bond donors (Lipinski definition) is 1. The molecule has 1 N–H and O–H groups in total. The van der Waals surface area contributed by atoms with Crippen LogP contribution in [0, 0.1) is 5.92 Å². The second-order valence-corrected chi connectivity index (χ2v) is 6.87. The molecule has 0 bridgehead atoms. The van der Waals surface area contributed by atoms with Gasteiger partial charge in [0.1, 0.15) is 0 Å². The highest BCUT2D eigenvalue weighted by Gasteiger charge is 2.25. The summed E-state index contributed by atoms with van der Waals surface area (Å²) in [5.41, 5.74) is 2.98. The number of carbonyl (C=O) groups excluding carboxylic acids is 2. The summed E-state index contributed by atoms with van der Waals surface area (Å²) in [6, 6.07) is 11.9. The third-order valence-corrected chi connectivity index (χ3v) is 4.50. The molecule has 0 atom stereocenters. The lowest BCUT2D eigenvalue weighted by Crippen LogP contribution is -2.35. The molecule has 132 valence electrons. The highest BCUT2D eigenvalue weighted by atomic mass is 16.2. The second-order valence-electron chi connectivity index (χ2n) is 6.87. The van der Waals surface area contributed by atoms with Gasteiger partial charge in [0.05, 0.1) is 17.9 Å².